The highest BCUT2D eigenvalue weighted by Gasteiger charge is 2.04. The van der Waals surface area contributed by atoms with Crippen LogP contribution in [0.3, 0.4) is 0 Å². The normalized spacial score (nSPS) is 12.2. The van der Waals surface area contributed by atoms with Crippen molar-refractivity contribution in [1.29, 1.82) is 0 Å². The minimum atomic E-state index is -0.229. The van der Waals surface area contributed by atoms with Crippen LogP contribution in [0.1, 0.15) is 29.7 Å². The summed E-state index contributed by atoms with van der Waals surface area (Å²) in [7, 11) is 1.93. The first-order valence-corrected chi connectivity index (χ1v) is 6.75. The molecule has 0 radical (unpaired) electrons. The van der Waals surface area contributed by atoms with Gasteiger partial charge in [-0.2, -0.15) is 0 Å². The fourth-order valence-electron chi connectivity index (χ4n) is 1.98. The number of aryl methyl sites for hydroxylation is 1. The third kappa shape index (κ3) is 3.58. The number of benzene rings is 2. The molecule has 1 atom stereocenters. The van der Waals surface area contributed by atoms with Crippen molar-refractivity contribution < 1.29 is 9.13 Å². The lowest BCUT2D eigenvalue weighted by Crippen LogP contribution is -2.11. The van der Waals surface area contributed by atoms with Crippen molar-refractivity contribution in [3.05, 3.63) is 65.0 Å². The van der Waals surface area contributed by atoms with Crippen molar-refractivity contribution in [3.8, 4) is 5.75 Å². The summed E-state index contributed by atoms with van der Waals surface area (Å²) in [6.07, 6.45) is 0. The number of ether oxygens (including phenoxy) is 1. The second-order valence-electron chi connectivity index (χ2n) is 4.94. The molecule has 0 fully saturated rings. The van der Waals surface area contributed by atoms with Crippen molar-refractivity contribution in [2.24, 2.45) is 0 Å². The highest BCUT2D eigenvalue weighted by molar-refractivity contribution is 5.30. The number of halogens is 1. The third-order valence-electron chi connectivity index (χ3n) is 3.52. The Morgan fingerprint density at radius 3 is 2.50 bits per heavy atom. The maximum atomic E-state index is 13.2. The van der Waals surface area contributed by atoms with Gasteiger partial charge in [-0.15, -0.1) is 0 Å². The summed E-state index contributed by atoms with van der Waals surface area (Å²) < 4.78 is 18.9. The molecule has 0 spiro atoms. The van der Waals surface area contributed by atoms with Gasteiger partial charge in [0.1, 0.15) is 18.2 Å². The smallest absolute Gasteiger partial charge is 0.123 e. The Morgan fingerprint density at radius 1 is 1.15 bits per heavy atom. The third-order valence-corrected chi connectivity index (χ3v) is 3.52. The van der Waals surface area contributed by atoms with E-state index in [0.717, 1.165) is 16.9 Å². The zero-order valence-corrected chi connectivity index (χ0v) is 12.1. The van der Waals surface area contributed by atoms with E-state index in [-0.39, 0.29) is 5.82 Å². The van der Waals surface area contributed by atoms with Gasteiger partial charge in [0, 0.05) is 6.04 Å². The summed E-state index contributed by atoms with van der Waals surface area (Å²) in [6, 6.07) is 13.0. The standard InChI is InChI=1S/C17H20FNO/c1-12-4-7-16(18)10-15(12)11-20-17-8-5-14(6-9-17)13(2)19-3/h4-10,13,19H,11H2,1-3H3. The molecule has 0 aromatic heterocycles. The van der Waals surface area contributed by atoms with E-state index in [1.807, 2.05) is 38.2 Å². The van der Waals surface area contributed by atoms with Crippen LogP contribution in [0.15, 0.2) is 42.5 Å². The fourth-order valence-corrected chi connectivity index (χ4v) is 1.98. The molecule has 0 aliphatic heterocycles. The van der Waals surface area contributed by atoms with E-state index >= 15 is 0 Å². The van der Waals surface area contributed by atoms with Crippen LogP contribution >= 0.6 is 0 Å². The van der Waals surface area contributed by atoms with E-state index in [9.17, 15) is 4.39 Å². The lowest BCUT2D eigenvalue weighted by Gasteiger charge is -2.12. The summed E-state index contributed by atoms with van der Waals surface area (Å²) in [5.74, 6) is 0.563. The zero-order chi connectivity index (χ0) is 14.5. The Labute approximate surface area is 119 Å². The maximum Gasteiger partial charge on any atom is 0.123 e. The number of nitrogens with one attached hydrogen (secondary N) is 1. The van der Waals surface area contributed by atoms with Crippen molar-refractivity contribution >= 4 is 0 Å². The van der Waals surface area contributed by atoms with Crippen LogP contribution in [-0.2, 0) is 6.61 Å². The molecule has 1 N–H and O–H groups in total. The zero-order valence-electron chi connectivity index (χ0n) is 12.1. The van der Waals surface area contributed by atoms with Gasteiger partial charge in [0.2, 0.25) is 0 Å². The second kappa shape index (κ2) is 6.53. The lowest BCUT2D eigenvalue weighted by atomic mass is 10.1. The molecule has 2 rings (SSSR count). The topological polar surface area (TPSA) is 21.3 Å². The largest absolute Gasteiger partial charge is 0.489 e. The molecule has 2 nitrogen and oxygen atoms in total. The van der Waals surface area contributed by atoms with E-state index in [4.69, 9.17) is 4.74 Å². The summed E-state index contributed by atoms with van der Waals surface area (Å²) in [4.78, 5) is 0. The molecular weight excluding hydrogens is 253 g/mol. The first kappa shape index (κ1) is 14.5. The Balaban J connectivity index is 2.02. The first-order valence-electron chi connectivity index (χ1n) is 6.75. The predicted molar refractivity (Wildman–Crippen MR) is 79.4 cm³/mol. The molecule has 106 valence electrons. The minimum Gasteiger partial charge on any atom is -0.489 e. The van der Waals surface area contributed by atoms with E-state index < -0.39 is 0 Å². The van der Waals surface area contributed by atoms with Crippen LogP contribution < -0.4 is 10.1 Å². The predicted octanol–water partition coefficient (Wildman–Crippen LogP) is 3.99. The van der Waals surface area contributed by atoms with Gasteiger partial charge >= 0.3 is 0 Å². The molecule has 2 aromatic rings. The van der Waals surface area contributed by atoms with Crippen LogP contribution in [0, 0.1) is 12.7 Å². The molecule has 1 unspecified atom stereocenters. The number of hydrogen-bond donors (Lipinski definition) is 1. The lowest BCUT2D eigenvalue weighted by molar-refractivity contribution is 0.304. The molecule has 0 amide bonds. The van der Waals surface area contributed by atoms with Crippen LogP contribution in [0.4, 0.5) is 4.39 Å². The summed E-state index contributed by atoms with van der Waals surface area (Å²) >= 11 is 0. The fraction of sp³-hybridized carbons (Fsp3) is 0.294. The van der Waals surface area contributed by atoms with E-state index in [0.29, 0.717) is 12.6 Å². The van der Waals surface area contributed by atoms with Crippen molar-refractivity contribution in [3.63, 3.8) is 0 Å². The number of hydrogen-bond acceptors (Lipinski definition) is 2. The van der Waals surface area contributed by atoms with Gasteiger partial charge in [0.25, 0.3) is 0 Å². The van der Waals surface area contributed by atoms with Crippen LogP contribution in [0.25, 0.3) is 0 Å². The Hall–Kier alpha value is -1.87. The monoisotopic (exact) mass is 273 g/mol. The van der Waals surface area contributed by atoms with Crippen molar-refractivity contribution in [1.82, 2.24) is 5.32 Å². The maximum absolute atomic E-state index is 13.2. The molecule has 0 saturated carbocycles. The van der Waals surface area contributed by atoms with Gasteiger partial charge in [-0.05, 0) is 61.9 Å². The molecule has 3 heteroatoms. The summed E-state index contributed by atoms with van der Waals surface area (Å²) in [6.45, 7) is 4.44. The average molecular weight is 273 g/mol. The van der Waals surface area contributed by atoms with Crippen LogP contribution in [0.2, 0.25) is 0 Å². The van der Waals surface area contributed by atoms with Gasteiger partial charge in [0.15, 0.2) is 0 Å². The Bertz CT molecular complexity index is 566. The summed E-state index contributed by atoms with van der Waals surface area (Å²) in [5, 5.41) is 3.19. The first-order chi connectivity index (χ1) is 9.60. The van der Waals surface area contributed by atoms with Gasteiger partial charge in [-0.25, -0.2) is 4.39 Å². The average Bonchev–Trinajstić information content (AvgIpc) is 2.48. The van der Waals surface area contributed by atoms with E-state index in [1.165, 1.54) is 17.7 Å². The quantitative estimate of drug-likeness (QED) is 0.889. The number of rotatable bonds is 5. The Kier molecular flexibility index (Phi) is 4.74. The molecule has 20 heavy (non-hydrogen) atoms. The van der Waals surface area contributed by atoms with Gasteiger partial charge in [0.05, 0.1) is 0 Å². The van der Waals surface area contributed by atoms with E-state index in [1.54, 1.807) is 6.07 Å². The van der Waals surface area contributed by atoms with Gasteiger partial charge in [-0.3, -0.25) is 0 Å². The molecular formula is C17H20FNO. The highest BCUT2D eigenvalue weighted by Crippen LogP contribution is 2.19. The molecule has 2 aromatic carbocycles. The van der Waals surface area contributed by atoms with Gasteiger partial charge in [-0.1, -0.05) is 18.2 Å². The molecule has 0 saturated heterocycles. The summed E-state index contributed by atoms with van der Waals surface area (Å²) in [5.41, 5.74) is 3.12. The highest BCUT2D eigenvalue weighted by atomic mass is 19.1. The minimum absolute atomic E-state index is 0.229. The van der Waals surface area contributed by atoms with Gasteiger partial charge < -0.3 is 10.1 Å². The van der Waals surface area contributed by atoms with Crippen LogP contribution in [0.5, 0.6) is 5.75 Å². The second-order valence-corrected chi connectivity index (χ2v) is 4.94. The SMILES string of the molecule is CNC(C)c1ccc(OCc2cc(F)ccc2C)cc1. The Morgan fingerprint density at radius 2 is 1.85 bits per heavy atom. The van der Waals surface area contributed by atoms with Crippen LogP contribution in [-0.4, -0.2) is 7.05 Å². The van der Waals surface area contributed by atoms with E-state index in [2.05, 4.69) is 12.2 Å². The molecule has 0 aliphatic carbocycles. The van der Waals surface area contributed by atoms with Crippen molar-refractivity contribution in [2.75, 3.05) is 7.05 Å². The van der Waals surface area contributed by atoms with Crippen molar-refractivity contribution in [2.45, 2.75) is 26.5 Å². The molecule has 0 heterocycles. The molecule has 0 bridgehead atoms. The molecule has 0 aliphatic rings.